The van der Waals surface area contributed by atoms with Crippen molar-refractivity contribution in [3.05, 3.63) is 48.0 Å². The van der Waals surface area contributed by atoms with Crippen LogP contribution >= 0.6 is 0 Å². The number of carbonyl (C=O) groups is 3. The molecule has 0 saturated carbocycles. The molecule has 1 saturated heterocycles. The number of nitrogens with zero attached hydrogens (tertiary/aromatic N) is 1. The number of likely N-dealkylation sites (tertiary alicyclic amines) is 1. The second kappa shape index (κ2) is 8.29. The Morgan fingerprint density at radius 2 is 2.08 bits per heavy atom. The molecule has 1 fully saturated rings. The van der Waals surface area contributed by atoms with E-state index in [2.05, 4.69) is 10.1 Å². The highest BCUT2D eigenvalue weighted by molar-refractivity contribution is 5.89. The monoisotopic (exact) mass is 330 g/mol. The molecule has 6 heteroatoms. The maximum absolute atomic E-state index is 12.2. The van der Waals surface area contributed by atoms with Crippen molar-refractivity contribution in [1.82, 2.24) is 10.2 Å². The lowest BCUT2D eigenvalue weighted by Gasteiger charge is -2.25. The van der Waals surface area contributed by atoms with E-state index in [1.807, 2.05) is 37.3 Å². The summed E-state index contributed by atoms with van der Waals surface area (Å²) in [4.78, 5) is 37.1. The average molecular weight is 330 g/mol. The summed E-state index contributed by atoms with van der Waals surface area (Å²) in [6, 6.07) is 9.69. The number of nitrogens with one attached hydrogen (secondary N) is 1. The molecule has 1 aliphatic rings. The van der Waals surface area contributed by atoms with Crippen LogP contribution in [-0.4, -0.2) is 42.9 Å². The van der Waals surface area contributed by atoms with Gasteiger partial charge in [0.1, 0.15) is 0 Å². The molecular weight excluding hydrogens is 308 g/mol. The van der Waals surface area contributed by atoms with Crippen molar-refractivity contribution in [2.75, 3.05) is 20.2 Å². The fraction of sp³-hybridized carbons (Fsp3) is 0.389. The van der Waals surface area contributed by atoms with Gasteiger partial charge in [-0.1, -0.05) is 36.4 Å². The zero-order valence-corrected chi connectivity index (χ0v) is 13.9. The predicted octanol–water partition coefficient (Wildman–Crippen LogP) is 1.44. The Balaban J connectivity index is 1.88. The van der Waals surface area contributed by atoms with Gasteiger partial charge in [-0.05, 0) is 12.5 Å². The van der Waals surface area contributed by atoms with E-state index in [0.717, 1.165) is 5.56 Å². The van der Waals surface area contributed by atoms with Gasteiger partial charge in [-0.25, -0.2) is 4.79 Å². The van der Waals surface area contributed by atoms with E-state index < -0.39 is 5.97 Å². The molecule has 0 aromatic heterocycles. The van der Waals surface area contributed by atoms with Gasteiger partial charge in [-0.15, -0.1) is 0 Å². The van der Waals surface area contributed by atoms with Crippen LogP contribution in [0.25, 0.3) is 0 Å². The minimum Gasteiger partial charge on any atom is -0.466 e. The molecule has 2 unspecified atom stereocenters. The fourth-order valence-corrected chi connectivity index (χ4v) is 2.72. The molecule has 128 valence electrons. The molecule has 1 aromatic rings. The van der Waals surface area contributed by atoms with Crippen LogP contribution in [-0.2, 0) is 19.1 Å². The zero-order valence-electron chi connectivity index (χ0n) is 13.9. The summed E-state index contributed by atoms with van der Waals surface area (Å²) in [5.41, 5.74) is 1.05. The summed E-state index contributed by atoms with van der Waals surface area (Å²) in [5.74, 6) is -1.03. The normalized spacial score (nSPS) is 18.7. The third-order valence-corrected chi connectivity index (χ3v) is 4.13. The predicted molar refractivity (Wildman–Crippen MR) is 88.8 cm³/mol. The molecule has 1 N–H and O–H groups in total. The Hall–Kier alpha value is -2.63. The van der Waals surface area contributed by atoms with Crippen LogP contribution in [0.5, 0.6) is 0 Å². The molecule has 1 heterocycles. The summed E-state index contributed by atoms with van der Waals surface area (Å²) in [7, 11) is 1.29. The summed E-state index contributed by atoms with van der Waals surface area (Å²) < 4.78 is 4.46. The van der Waals surface area contributed by atoms with Crippen molar-refractivity contribution in [2.45, 2.75) is 19.4 Å². The van der Waals surface area contributed by atoms with E-state index in [-0.39, 0.29) is 36.7 Å². The van der Waals surface area contributed by atoms with Gasteiger partial charge < -0.3 is 15.0 Å². The summed E-state index contributed by atoms with van der Waals surface area (Å²) in [6.45, 7) is 2.60. The standard InChI is InChI=1S/C18H22N2O4/c1-13(14-7-4-3-5-8-14)20-12-15(11-16(20)21)18(23)19-10-6-9-17(22)24-2/h3-9,13,15H,10-12H2,1-2H3,(H,19,23)/b9-6+. The summed E-state index contributed by atoms with van der Waals surface area (Å²) in [6.07, 6.45) is 2.98. The molecule has 6 nitrogen and oxygen atoms in total. The number of carbonyl (C=O) groups excluding carboxylic acids is 3. The lowest BCUT2D eigenvalue weighted by molar-refractivity contribution is -0.135. The van der Waals surface area contributed by atoms with Crippen molar-refractivity contribution in [1.29, 1.82) is 0 Å². The number of amides is 2. The van der Waals surface area contributed by atoms with E-state index in [0.29, 0.717) is 6.54 Å². The first kappa shape index (κ1) is 17.7. The molecule has 24 heavy (non-hydrogen) atoms. The topological polar surface area (TPSA) is 75.7 Å². The number of hydrogen-bond donors (Lipinski definition) is 1. The number of hydrogen-bond acceptors (Lipinski definition) is 4. The SMILES string of the molecule is COC(=O)/C=C/CNC(=O)C1CC(=O)N(C(C)c2ccccc2)C1. The fourth-order valence-electron chi connectivity index (χ4n) is 2.72. The minimum absolute atomic E-state index is 0.0170. The zero-order chi connectivity index (χ0) is 17.5. The van der Waals surface area contributed by atoms with Crippen molar-refractivity contribution in [3.63, 3.8) is 0 Å². The molecule has 2 rings (SSSR count). The van der Waals surface area contributed by atoms with E-state index in [9.17, 15) is 14.4 Å². The van der Waals surface area contributed by atoms with Crippen molar-refractivity contribution in [2.24, 2.45) is 5.92 Å². The summed E-state index contributed by atoms with van der Waals surface area (Å²) in [5, 5.41) is 2.71. The smallest absolute Gasteiger partial charge is 0.330 e. The van der Waals surface area contributed by atoms with E-state index in [4.69, 9.17) is 0 Å². The molecule has 0 aliphatic carbocycles. The summed E-state index contributed by atoms with van der Waals surface area (Å²) >= 11 is 0. The number of methoxy groups -OCH3 is 1. The van der Waals surface area contributed by atoms with Crippen LogP contribution in [0.4, 0.5) is 0 Å². The van der Waals surface area contributed by atoms with E-state index in [1.165, 1.54) is 19.3 Å². The Morgan fingerprint density at radius 3 is 2.75 bits per heavy atom. The number of benzene rings is 1. The average Bonchev–Trinajstić information content (AvgIpc) is 3.00. The van der Waals surface area contributed by atoms with Crippen LogP contribution < -0.4 is 5.32 Å². The highest BCUT2D eigenvalue weighted by atomic mass is 16.5. The molecule has 0 spiro atoms. The quantitative estimate of drug-likeness (QED) is 0.633. The maximum Gasteiger partial charge on any atom is 0.330 e. The highest BCUT2D eigenvalue weighted by Crippen LogP contribution is 2.28. The first-order valence-corrected chi connectivity index (χ1v) is 7.89. The number of rotatable bonds is 6. The van der Waals surface area contributed by atoms with Gasteiger partial charge in [0.2, 0.25) is 11.8 Å². The number of esters is 1. The first-order valence-electron chi connectivity index (χ1n) is 7.89. The first-order chi connectivity index (χ1) is 11.5. The second-order valence-electron chi connectivity index (χ2n) is 5.70. The molecule has 2 atom stereocenters. The Labute approximate surface area is 141 Å². The van der Waals surface area contributed by atoms with Gasteiger partial charge in [0.15, 0.2) is 0 Å². The Morgan fingerprint density at radius 1 is 1.38 bits per heavy atom. The molecule has 1 aromatic carbocycles. The van der Waals surface area contributed by atoms with Gasteiger partial charge in [0.05, 0.1) is 19.1 Å². The third kappa shape index (κ3) is 4.44. The van der Waals surface area contributed by atoms with Crippen LogP contribution in [0.2, 0.25) is 0 Å². The molecule has 0 bridgehead atoms. The lowest BCUT2D eigenvalue weighted by atomic mass is 10.1. The Bertz CT molecular complexity index is 627. The van der Waals surface area contributed by atoms with Gasteiger partial charge in [-0.2, -0.15) is 0 Å². The number of ether oxygens (including phenoxy) is 1. The second-order valence-corrected chi connectivity index (χ2v) is 5.70. The lowest BCUT2D eigenvalue weighted by Crippen LogP contribution is -2.34. The highest BCUT2D eigenvalue weighted by Gasteiger charge is 2.36. The Kier molecular flexibility index (Phi) is 6.12. The van der Waals surface area contributed by atoms with Crippen LogP contribution in [0.15, 0.2) is 42.5 Å². The van der Waals surface area contributed by atoms with Gasteiger partial charge >= 0.3 is 5.97 Å². The van der Waals surface area contributed by atoms with Crippen molar-refractivity contribution < 1.29 is 19.1 Å². The largest absolute Gasteiger partial charge is 0.466 e. The molecule has 0 radical (unpaired) electrons. The van der Waals surface area contributed by atoms with Crippen LogP contribution in [0.3, 0.4) is 0 Å². The van der Waals surface area contributed by atoms with E-state index in [1.54, 1.807) is 4.90 Å². The van der Waals surface area contributed by atoms with Gasteiger partial charge in [-0.3, -0.25) is 9.59 Å². The molecule has 2 amide bonds. The van der Waals surface area contributed by atoms with Crippen LogP contribution in [0, 0.1) is 5.92 Å². The maximum atomic E-state index is 12.2. The third-order valence-electron chi connectivity index (χ3n) is 4.13. The van der Waals surface area contributed by atoms with Gasteiger partial charge in [0.25, 0.3) is 0 Å². The molecular formula is C18H22N2O4. The van der Waals surface area contributed by atoms with Crippen molar-refractivity contribution in [3.8, 4) is 0 Å². The van der Waals surface area contributed by atoms with Crippen molar-refractivity contribution >= 4 is 17.8 Å². The minimum atomic E-state index is -0.469. The molecule has 1 aliphatic heterocycles. The van der Waals surface area contributed by atoms with Crippen LogP contribution in [0.1, 0.15) is 24.9 Å². The van der Waals surface area contributed by atoms with Gasteiger partial charge in [0, 0.05) is 25.6 Å². The van der Waals surface area contributed by atoms with E-state index >= 15 is 0 Å².